The third-order valence-electron chi connectivity index (χ3n) is 5.85. The Hall–Kier alpha value is -2.12. The van der Waals surface area contributed by atoms with Crippen LogP contribution in [0.4, 0.5) is 0 Å². The van der Waals surface area contributed by atoms with Crippen LogP contribution in [0.2, 0.25) is 0 Å². The molecule has 2 heterocycles. The quantitative estimate of drug-likeness (QED) is 0.665. The Balaban J connectivity index is 1.61. The lowest BCUT2D eigenvalue weighted by atomic mass is 10.1. The van der Waals surface area contributed by atoms with E-state index in [0.717, 1.165) is 44.9 Å². The minimum Gasteiger partial charge on any atom is -0.494 e. The van der Waals surface area contributed by atoms with Crippen LogP contribution in [0.5, 0.6) is 5.75 Å². The monoisotopic (exact) mass is 416 g/mol. The van der Waals surface area contributed by atoms with Gasteiger partial charge in [0.1, 0.15) is 12.3 Å². The summed E-state index contributed by atoms with van der Waals surface area (Å²) in [6.45, 7) is 9.58. The second-order valence-electron chi connectivity index (χ2n) is 8.07. The maximum atomic E-state index is 13.2. The van der Waals surface area contributed by atoms with Crippen molar-refractivity contribution in [2.75, 3.05) is 65.5 Å². The van der Waals surface area contributed by atoms with Crippen molar-refractivity contribution in [3.05, 3.63) is 29.8 Å². The fourth-order valence-corrected chi connectivity index (χ4v) is 4.14. The van der Waals surface area contributed by atoms with E-state index in [-0.39, 0.29) is 18.4 Å². The fraction of sp³-hybridized carbons (Fsp3) is 0.652. The van der Waals surface area contributed by atoms with Gasteiger partial charge in [0.05, 0.1) is 6.61 Å². The molecule has 2 fully saturated rings. The van der Waals surface area contributed by atoms with Gasteiger partial charge in [0.2, 0.25) is 5.91 Å². The minimum absolute atomic E-state index is 0.0359. The predicted octanol–water partition coefficient (Wildman–Crippen LogP) is 1.84. The van der Waals surface area contributed by atoms with E-state index in [9.17, 15) is 9.59 Å². The number of piperidine rings is 1. The summed E-state index contributed by atoms with van der Waals surface area (Å²) in [4.78, 5) is 32.1. The van der Waals surface area contributed by atoms with Gasteiger partial charge in [-0.25, -0.2) is 0 Å². The third-order valence-corrected chi connectivity index (χ3v) is 5.85. The van der Waals surface area contributed by atoms with E-state index in [1.165, 1.54) is 19.3 Å². The molecule has 3 rings (SSSR count). The van der Waals surface area contributed by atoms with Crippen molar-refractivity contribution in [1.82, 2.24) is 20.0 Å². The summed E-state index contributed by atoms with van der Waals surface area (Å²) in [5.74, 6) is 0.705. The number of piperazine rings is 1. The molecule has 1 aromatic rings. The maximum Gasteiger partial charge on any atom is 0.254 e. The van der Waals surface area contributed by atoms with Gasteiger partial charge in [0.15, 0.2) is 0 Å². The third kappa shape index (κ3) is 6.71. The molecule has 2 saturated heterocycles. The molecule has 0 saturated carbocycles. The summed E-state index contributed by atoms with van der Waals surface area (Å²) in [6, 6.07) is 7.22. The summed E-state index contributed by atoms with van der Waals surface area (Å²) < 4.78 is 5.48. The Morgan fingerprint density at radius 2 is 1.73 bits per heavy atom. The summed E-state index contributed by atoms with van der Waals surface area (Å²) >= 11 is 0. The average Bonchev–Trinajstić information content (AvgIpc) is 2.80. The fourth-order valence-electron chi connectivity index (χ4n) is 4.14. The molecule has 0 aromatic heterocycles. The molecule has 1 aromatic carbocycles. The molecule has 0 aliphatic carbocycles. The number of likely N-dealkylation sites (tertiary alicyclic amines) is 1. The number of hydrogen-bond acceptors (Lipinski definition) is 5. The molecule has 0 radical (unpaired) electrons. The number of nitrogens with one attached hydrogen (secondary N) is 1. The van der Waals surface area contributed by atoms with Gasteiger partial charge < -0.3 is 24.8 Å². The number of rotatable bonds is 9. The predicted molar refractivity (Wildman–Crippen MR) is 118 cm³/mol. The first-order chi connectivity index (χ1) is 14.7. The van der Waals surface area contributed by atoms with Crippen molar-refractivity contribution in [2.45, 2.75) is 32.6 Å². The molecule has 2 amide bonds. The average molecular weight is 417 g/mol. The van der Waals surface area contributed by atoms with E-state index in [0.29, 0.717) is 31.8 Å². The van der Waals surface area contributed by atoms with E-state index >= 15 is 0 Å². The van der Waals surface area contributed by atoms with Gasteiger partial charge >= 0.3 is 0 Å². The van der Waals surface area contributed by atoms with E-state index in [4.69, 9.17) is 4.74 Å². The number of ether oxygens (including phenoxy) is 1. The number of nitrogens with zero attached hydrogens (tertiary/aromatic N) is 3. The minimum atomic E-state index is -0.0832. The zero-order valence-corrected chi connectivity index (χ0v) is 18.3. The Labute approximate surface area is 180 Å². The smallest absolute Gasteiger partial charge is 0.254 e. The van der Waals surface area contributed by atoms with Gasteiger partial charge in [-0.15, -0.1) is 0 Å². The van der Waals surface area contributed by atoms with Crippen molar-refractivity contribution >= 4 is 11.8 Å². The van der Waals surface area contributed by atoms with Crippen LogP contribution in [0.15, 0.2) is 24.3 Å². The number of benzene rings is 1. The Morgan fingerprint density at radius 3 is 2.40 bits per heavy atom. The zero-order chi connectivity index (χ0) is 21.2. The van der Waals surface area contributed by atoms with Crippen LogP contribution < -0.4 is 10.1 Å². The second-order valence-corrected chi connectivity index (χ2v) is 8.07. The van der Waals surface area contributed by atoms with E-state index < -0.39 is 0 Å². The number of hydrogen-bond donors (Lipinski definition) is 1. The topological polar surface area (TPSA) is 65.1 Å². The molecule has 2 aliphatic rings. The summed E-state index contributed by atoms with van der Waals surface area (Å²) in [7, 11) is 0. The largest absolute Gasteiger partial charge is 0.494 e. The van der Waals surface area contributed by atoms with Crippen LogP contribution in [-0.4, -0.2) is 92.0 Å². The highest BCUT2D eigenvalue weighted by molar-refractivity contribution is 5.96. The van der Waals surface area contributed by atoms with Crippen LogP contribution in [0.1, 0.15) is 43.0 Å². The Bertz CT molecular complexity index is 668. The number of carbonyl (C=O) groups is 2. The van der Waals surface area contributed by atoms with Gasteiger partial charge in [-0.2, -0.15) is 0 Å². The Kier molecular flexibility index (Phi) is 8.96. The summed E-state index contributed by atoms with van der Waals surface area (Å²) in [5.41, 5.74) is 0.601. The van der Waals surface area contributed by atoms with Crippen molar-refractivity contribution in [3.63, 3.8) is 0 Å². The maximum absolute atomic E-state index is 13.2. The number of amides is 2. The molecule has 0 spiro atoms. The molecule has 30 heavy (non-hydrogen) atoms. The van der Waals surface area contributed by atoms with Crippen LogP contribution in [0.3, 0.4) is 0 Å². The second kappa shape index (κ2) is 11.9. The molecule has 0 unspecified atom stereocenters. The first-order valence-electron chi connectivity index (χ1n) is 11.4. The van der Waals surface area contributed by atoms with Crippen LogP contribution in [0.25, 0.3) is 0 Å². The molecule has 1 N–H and O–H groups in total. The Morgan fingerprint density at radius 1 is 1.03 bits per heavy atom. The molecule has 166 valence electrons. The van der Waals surface area contributed by atoms with E-state index in [1.807, 2.05) is 24.0 Å². The van der Waals surface area contributed by atoms with Gasteiger partial charge in [-0.05, 0) is 70.1 Å². The van der Waals surface area contributed by atoms with Crippen molar-refractivity contribution in [3.8, 4) is 5.75 Å². The van der Waals surface area contributed by atoms with Crippen LogP contribution in [0, 0.1) is 0 Å². The van der Waals surface area contributed by atoms with Gasteiger partial charge in [-0.1, -0.05) is 6.42 Å². The van der Waals surface area contributed by atoms with Gasteiger partial charge in [0, 0.05) is 38.3 Å². The summed E-state index contributed by atoms with van der Waals surface area (Å²) in [5, 5.41) is 3.27. The SMILES string of the molecule is CCOc1ccc(C(=O)N(CCCN2CCCCC2)CC(=O)N2CCNCC2)cc1. The van der Waals surface area contributed by atoms with Crippen LogP contribution >= 0.6 is 0 Å². The molecule has 0 atom stereocenters. The van der Waals surface area contributed by atoms with Gasteiger partial charge in [-0.3, -0.25) is 9.59 Å². The zero-order valence-electron chi connectivity index (χ0n) is 18.3. The molecular weight excluding hydrogens is 380 g/mol. The van der Waals surface area contributed by atoms with E-state index in [2.05, 4.69) is 10.2 Å². The highest BCUT2D eigenvalue weighted by Gasteiger charge is 2.23. The highest BCUT2D eigenvalue weighted by Crippen LogP contribution is 2.15. The van der Waals surface area contributed by atoms with Gasteiger partial charge in [0.25, 0.3) is 5.91 Å². The molecule has 7 nitrogen and oxygen atoms in total. The lowest BCUT2D eigenvalue weighted by molar-refractivity contribution is -0.132. The van der Waals surface area contributed by atoms with Crippen LogP contribution in [-0.2, 0) is 4.79 Å². The van der Waals surface area contributed by atoms with Crippen molar-refractivity contribution in [1.29, 1.82) is 0 Å². The highest BCUT2D eigenvalue weighted by atomic mass is 16.5. The first kappa shape index (κ1) is 22.6. The van der Waals surface area contributed by atoms with Crippen molar-refractivity contribution < 1.29 is 14.3 Å². The lowest BCUT2D eigenvalue weighted by Crippen LogP contribution is -2.50. The molecule has 2 aliphatic heterocycles. The summed E-state index contributed by atoms with van der Waals surface area (Å²) in [6.07, 6.45) is 4.72. The normalized spacial score (nSPS) is 17.6. The molecule has 0 bridgehead atoms. The number of carbonyl (C=O) groups excluding carboxylic acids is 2. The van der Waals surface area contributed by atoms with E-state index in [1.54, 1.807) is 17.0 Å². The van der Waals surface area contributed by atoms with Crippen molar-refractivity contribution in [2.24, 2.45) is 0 Å². The molecular formula is C23H36N4O3. The standard InChI is InChI=1S/C23H36N4O3/c1-2-30-21-9-7-20(8-10-21)23(29)27(16-6-15-25-13-4-3-5-14-25)19-22(28)26-17-11-24-12-18-26/h7-10,24H,2-6,11-19H2,1H3. The molecule has 7 heteroatoms. The lowest BCUT2D eigenvalue weighted by Gasteiger charge is -2.31. The first-order valence-corrected chi connectivity index (χ1v) is 11.4.